The number of hydrogen-bond donors (Lipinski definition) is 0. The minimum absolute atomic E-state index is 0.631. The van der Waals surface area contributed by atoms with Crippen molar-refractivity contribution in [3.8, 4) is 0 Å². The van der Waals surface area contributed by atoms with Crippen molar-refractivity contribution in [2.75, 3.05) is 0 Å². The summed E-state index contributed by atoms with van der Waals surface area (Å²) in [7, 11) is 0. The molecule has 3 aromatic rings. The molecule has 0 aliphatic heterocycles. The van der Waals surface area contributed by atoms with Crippen molar-refractivity contribution in [3.05, 3.63) is 126 Å². The molecule has 0 heteroatoms. The normalized spacial score (nSPS) is 9.74. The molecule has 3 rings (SSSR count). The molecule has 0 aromatic heterocycles. The molecule has 1 unspecified atom stereocenters. The van der Waals surface area contributed by atoms with Crippen LogP contribution in [0, 0.1) is 12.8 Å². The Morgan fingerprint density at radius 2 is 1.13 bits per heavy atom. The highest BCUT2D eigenvalue weighted by atomic mass is 14.1. The summed E-state index contributed by atoms with van der Waals surface area (Å²) in [4.78, 5) is 0. The first kappa shape index (κ1) is 40.6. The predicted octanol–water partition coefficient (Wildman–Crippen LogP) is 12.7. The van der Waals surface area contributed by atoms with Gasteiger partial charge in [0.05, 0.1) is 0 Å². The zero-order chi connectivity index (χ0) is 30.6. The van der Waals surface area contributed by atoms with Crippen molar-refractivity contribution >= 4 is 6.08 Å². The summed E-state index contributed by atoms with van der Waals surface area (Å²) in [6, 6.07) is 26.3. The quantitative estimate of drug-likeness (QED) is 0.266. The monoisotopic (exact) mass is 530 g/mol. The SMILES string of the molecule is C=C.C=Cc1ccccc1CC.CC.CC.CC(C)C.CCc1ccc(CCC(C)c2ccc(C)cc2)cc1. The van der Waals surface area contributed by atoms with E-state index in [-0.39, 0.29) is 0 Å². The Morgan fingerprint density at radius 3 is 1.54 bits per heavy atom. The maximum Gasteiger partial charge on any atom is -0.0187 e. The molecule has 0 aliphatic rings. The predicted molar refractivity (Wildman–Crippen MR) is 184 cm³/mol. The van der Waals surface area contributed by atoms with Crippen LogP contribution in [0.4, 0.5) is 0 Å². The van der Waals surface area contributed by atoms with Gasteiger partial charge in [-0.2, -0.15) is 0 Å². The van der Waals surface area contributed by atoms with Crippen molar-refractivity contribution < 1.29 is 0 Å². The van der Waals surface area contributed by atoms with E-state index in [1.165, 1.54) is 46.2 Å². The maximum absolute atomic E-state index is 3.74. The van der Waals surface area contributed by atoms with Crippen molar-refractivity contribution in [1.82, 2.24) is 0 Å². The number of hydrogen-bond acceptors (Lipinski definition) is 0. The highest BCUT2D eigenvalue weighted by Gasteiger charge is 2.05. The molecular formula is C39H62. The molecule has 3 aromatic carbocycles. The standard InChI is InChI=1S/C19H24.C10H12.C4H10.2C2H6.C2H4/c1-4-17-9-11-18(12-10-17)8-7-16(3)19-13-5-15(2)6-14-19;1-3-9-7-5-6-8-10(9)4-2;1-4(2)3;3*1-2/h5-6,9-14,16H,4,7-8H2,1-3H3;3,5-8H,1,4H2,2H3;4H,1-3H3;2*1-2H3;1-2H2. The van der Waals surface area contributed by atoms with Gasteiger partial charge in [0, 0.05) is 0 Å². The van der Waals surface area contributed by atoms with Crippen LogP contribution in [0.5, 0.6) is 0 Å². The van der Waals surface area contributed by atoms with Gasteiger partial charge in [0.2, 0.25) is 0 Å². The van der Waals surface area contributed by atoms with Gasteiger partial charge in [0.1, 0.15) is 0 Å². The zero-order valence-corrected chi connectivity index (χ0v) is 27.6. The van der Waals surface area contributed by atoms with Gasteiger partial charge in [0.15, 0.2) is 0 Å². The third kappa shape index (κ3) is 20.7. The first-order valence-electron chi connectivity index (χ1n) is 15.1. The fourth-order valence-corrected chi connectivity index (χ4v) is 3.44. The van der Waals surface area contributed by atoms with E-state index < -0.39 is 0 Å². The van der Waals surface area contributed by atoms with Gasteiger partial charge in [-0.25, -0.2) is 0 Å². The summed E-state index contributed by atoms with van der Waals surface area (Å²) >= 11 is 0. The van der Waals surface area contributed by atoms with Crippen molar-refractivity contribution in [1.29, 1.82) is 0 Å². The van der Waals surface area contributed by atoms with Crippen LogP contribution in [0.25, 0.3) is 6.08 Å². The summed E-state index contributed by atoms with van der Waals surface area (Å²) in [6.07, 6.45) is 6.49. The van der Waals surface area contributed by atoms with E-state index in [1.807, 2.05) is 39.8 Å². The lowest BCUT2D eigenvalue weighted by Gasteiger charge is -2.12. The molecule has 0 nitrogen and oxygen atoms in total. The van der Waals surface area contributed by atoms with Gasteiger partial charge in [-0.05, 0) is 72.3 Å². The summed E-state index contributed by atoms with van der Waals surface area (Å²) in [5.41, 5.74) is 8.30. The van der Waals surface area contributed by atoms with Crippen LogP contribution in [-0.4, -0.2) is 0 Å². The Bertz CT molecular complexity index is 910. The molecule has 0 radical (unpaired) electrons. The van der Waals surface area contributed by atoms with Crippen LogP contribution in [-0.2, 0) is 19.3 Å². The van der Waals surface area contributed by atoms with Crippen LogP contribution in [0.1, 0.15) is 115 Å². The number of benzene rings is 3. The van der Waals surface area contributed by atoms with Gasteiger partial charge < -0.3 is 0 Å². The molecule has 0 heterocycles. The van der Waals surface area contributed by atoms with Crippen LogP contribution in [0.2, 0.25) is 0 Å². The first-order chi connectivity index (χ1) is 18.8. The third-order valence-corrected chi connectivity index (χ3v) is 5.60. The summed E-state index contributed by atoms with van der Waals surface area (Å²) in [6.45, 7) is 33.1. The zero-order valence-electron chi connectivity index (χ0n) is 27.6. The average Bonchev–Trinajstić information content (AvgIpc) is 2.99. The van der Waals surface area contributed by atoms with E-state index in [0.29, 0.717) is 5.92 Å². The lowest BCUT2D eigenvalue weighted by molar-refractivity contribution is 0.679. The van der Waals surface area contributed by atoms with Crippen LogP contribution >= 0.6 is 0 Å². The first-order valence-corrected chi connectivity index (χ1v) is 15.1. The Labute approximate surface area is 245 Å². The molecule has 0 aliphatic carbocycles. The third-order valence-electron chi connectivity index (χ3n) is 5.60. The van der Waals surface area contributed by atoms with Crippen molar-refractivity contribution in [2.24, 2.45) is 5.92 Å². The Balaban J connectivity index is -0.000000544. The van der Waals surface area contributed by atoms with Crippen LogP contribution in [0.15, 0.2) is 92.5 Å². The number of rotatable bonds is 7. The smallest absolute Gasteiger partial charge is 0.0187 e. The average molecular weight is 531 g/mol. The van der Waals surface area contributed by atoms with E-state index in [0.717, 1.165) is 18.8 Å². The topological polar surface area (TPSA) is 0 Å². The number of aryl methyl sites for hydroxylation is 4. The molecule has 39 heavy (non-hydrogen) atoms. The lowest BCUT2D eigenvalue weighted by Crippen LogP contribution is -1.96. The van der Waals surface area contributed by atoms with E-state index in [2.05, 4.69) is 135 Å². The molecule has 0 spiro atoms. The van der Waals surface area contributed by atoms with E-state index in [1.54, 1.807) is 0 Å². The van der Waals surface area contributed by atoms with Gasteiger partial charge >= 0.3 is 0 Å². The highest BCUT2D eigenvalue weighted by molar-refractivity contribution is 5.51. The second-order valence-electron chi connectivity index (χ2n) is 9.51. The van der Waals surface area contributed by atoms with E-state index >= 15 is 0 Å². The second-order valence-corrected chi connectivity index (χ2v) is 9.51. The van der Waals surface area contributed by atoms with Gasteiger partial charge in [-0.15, -0.1) is 13.2 Å². The van der Waals surface area contributed by atoms with Gasteiger partial charge in [-0.3, -0.25) is 0 Å². The molecule has 0 fully saturated rings. The fraction of sp³-hybridized carbons (Fsp3) is 0.436. The largest absolute Gasteiger partial charge is 0.106 e. The Kier molecular flexibility index (Phi) is 29.3. The minimum atomic E-state index is 0.631. The molecule has 0 saturated heterocycles. The van der Waals surface area contributed by atoms with E-state index in [4.69, 9.17) is 0 Å². The van der Waals surface area contributed by atoms with E-state index in [9.17, 15) is 0 Å². The summed E-state index contributed by atoms with van der Waals surface area (Å²) < 4.78 is 0. The Hall–Kier alpha value is -2.86. The molecule has 0 N–H and O–H groups in total. The Morgan fingerprint density at radius 1 is 0.667 bits per heavy atom. The van der Waals surface area contributed by atoms with Gasteiger partial charge in [-0.1, -0.05) is 160 Å². The second kappa shape index (κ2) is 28.2. The maximum atomic E-state index is 3.74. The molecule has 1 atom stereocenters. The van der Waals surface area contributed by atoms with Crippen molar-refractivity contribution in [3.63, 3.8) is 0 Å². The fourth-order valence-electron chi connectivity index (χ4n) is 3.44. The van der Waals surface area contributed by atoms with Crippen LogP contribution in [0.3, 0.4) is 0 Å². The molecule has 218 valence electrons. The molecule has 0 bridgehead atoms. The van der Waals surface area contributed by atoms with Gasteiger partial charge in [0.25, 0.3) is 0 Å². The molecule has 0 saturated carbocycles. The van der Waals surface area contributed by atoms with Crippen LogP contribution < -0.4 is 0 Å². The lowest BCUT2D eigenvalue weighted by atomic mass is 9.93. The minimum Gasteiger partial charge on any atom is -0.106 e. The summed E-state index contributed by atoms with van der Waals surface area (Å²) in [5, 5.41) is 0. The molecule has 0 amide bonds. The highest BCUT2D eigenvalue weighted by Crippen LogP contribution is 2.21. The van der Waals surface area contributed by atoms with Crippen molar-refractivity contribution in [2.45, 2.75) is 108 Å². The molecular weight excluding hydrogens is 468 g/mol. The summed E-state index contributed by atoms with van der Waals surface area (Å²) in [5.74, 6) is 1.46.